The second-order valence-electron chi connectivity index (χ2n) is 16.6. The van der Waals surface area contributed by atoms with Gasteiger partial charge >= 0.3 is 0 Å². The second kappa shape index (κ2) is 12.1. The van der Waals surface area contributed by atoms with Crippen LogP contribution >= 0.6 is 0 Å². The molecule has 1 aromatic heterocycles. The molecule has 1 aliphatic heterocycles. The summed E-state index contributed by atoms with van der Waals surface area (Å²) in [4.78, 5) is 2.65. The van der Waals surface area contributed by atoms with Crippen molar-refractivity contribution in [2.24, 2.45) is 17.8 Å². The van der Waals surface area contributed by atoms with E-state index in [2.05, 4.69) is 179 Å². The van der Waals surface area contributed by atoms with Gasteiger partial charge in [-0.15, -0.1) is 0 Å². The first kappa shape index (κ1) is 31.5. The Labute approximate surface area is 323 Å². The lowest BCUT2D eigenvalue weighted by molar-refractivity contribution is 0.476. The summed E-state index contributed by atoms with van der Waals surface area (Å²) in [7, 11) is 0. The number of rotatable bonds is 5. The summed E-state index contributed by atoms with van der Waals surface area (Å²) in [6.07, 6.45) is 37.6. The maximum absolute atomic E-state index is 2.65. The highest BCUT2D eigenvalue weighted by Crippen LogP contribution is 2.72. The monoisotopic (exact) mass is 708 g/mol. The summed E-state index contributed by atoms with van der Waals surface area (Å²) in [5.74, 6) is 1.63. The summed E-state index contributed by atoms with van der Waals surface area (Å²) in [5.41, 5.74) is 16.8. The van der Waals surface area contributed by atoms with Gasteiger partial charge in [0.25, 0.3) is 0 Å². The Morgan fingerprint density at radius 2 is 1.55 bits per heavy atom. The zero-order valence-electron chi connectivity index (χ0n) is 31.1. The lowest BCUT2D eigenvalue weighted by Gasteiger charge is -2.31. The molecule has 5 atom stereocenters. The number of allylic oxidation sites excluding steroid dienone is 17. The molecule has 0 saturated heterocycles. The highest BCUT2D eigenvalue weighted by atomic mass is 15.2. The van der Waals surface area contributed by atoms with Crippen LogP contribution in [0, 0.1) is 17.8 Å². The van der Waals surface area contributed by atoms with E-state index >= 15 is 0 Å². The maximum Gasteiger partial charge on any atom is 0.0632 e. The third-order valence-electron chi connectivity index (χ3n) is 13.8. The van der Waals surface area contributed by atoms with Crippen molar-refractivity contribution in [2.75, 3.05) is 4.90 Å². The van der Waals surface area contributed by atoms with Gasteiger partial charge in [-0.3, -0.25) is 0 Å². The predicted octanol–water partition coefficient (Wildman–Crippen LogP) is 13.1. The van der Waals surface area contributed by atoms with Gasteiger partial charge in [0.2, 0.25) is 0 Å². The highest BCUT2D eigenvalue weighted by Gasteiger charge is 2.66. The van der Waals surface area contributed by atoms with Gasteiger partial charge in [-0.1, -0.05) is 134 Å². The van der Waals surface area contributed by atoms with Crippen LogP contribution in [0.1, 0.15) is 66.8 Å². The minimum Gasteiger partial charge on any atom is -0.332 e. The van der Waals surface area contributed by atoms with Gasteiger partial charge in [-0.25, -0.2) is 0 Å². The van der Waals surface area contributed by atoms with Gasteiger partial charge in [0, 0.05) is 50.2 Å². The van der Waals surface area contributed by atoms with Gasteiger partial charge < -0.3 is 9.47 Å². The van der Waals surface area contributed by atoms with Crippen molar-refractivity contribution in [1.82, 2.24) is 4.57 Å². The first-order valence-corrected chi connectivity index (χ1v) is 20.5. The Morgan fingerprint density at radius 3 is 2.51 bits per heavy atom. The summed E-state index contributed by atoms with van der Waals surface area (Å²) >= 11 is 0. The molecule has 0 radical (unpaired) electrons. The topological polar surface area (TPSA) is 8.17 Å². The Kier molecular flexibility index (Phi) is 6.91. The molecule has 4 unspecified atom stereocenters. The summed E-state index contributed by atoms with van der Waals surface area (Å²) in [6.45, 7) is 0. The summed E-state index contributed by atoms with van der Waals surface area (Å²) in [5, 5.41) is 2.70. The quantitative estimate of drug-likeness (QED) is 0.176. The molecule has 0 N–H and O–H groups in total. The molecule has 55 heavy (non-hydrogen) atoms. The molecule has 0 bridgehead atoms. The van der Waals surface area contributed by atoms with E-state index in [0.29, 0.717) is 17.8 Å². The number of benzene rings is 4. The summed E-state index contributed by atoms with van der Waals surface area (Å²) < 4.78 is 2.61. The lowest BCUT2D eigenvalue weighted by Crippen LogP contribution is -2.25. The molecule has 2 heteroatoms. The fourth-order valence-corrected chi connectivity index (χ4v) is 11.2. The fourth-order valence-electron chi connectivity index (χ4n) is 11.2. The standard InChI is InChI=1S/C53H44N2/c1-2-13-35(14-3-1)37-17-10-18-38(31-37)39-19-11-20-41(32-39)54-51-25-9-7-23-46(51)53-34-47(53)42(28-30-52(53)54)40-27-29-50-45(33-40)44-22-6-8-24-49(44)55(50)48-26-12-16-36-15-4-5-21-43(36)48/h1-10,12-13,15-16,18-19,21-25,27-33,35,37,47-48H,11,14,17,20,26,34H2/t35?,37?,47?,48?,53-/m0/s1. The molecule has 7 aliphatic rings. The lowest BCUT2D eigenvalue weighted by atomic mass is 9.80. The average molecular weight is 709 g/mol. The van der Waals surface area contributed by atoms with Crippen LogP contribution < -0.4 is 4.90 Å². The van der Waals surface area contributed by atoms with Crippen molar-refractivity contribution in [1.29, 1.82) is 0 Å². The van der Waals surface area contributed by atoms with Crippen molar-refractivity contribution in [3.05, 3.63) is 209 Å². The molecule has 6 aliphatic carbocycles. The van der Waals surface area contributed by atoms with E-state index < -0.39 is 0 Å². The van der Waals surface area contributed by atoms with E-state index in [0.717, 1.165) is 38.5 Å². The Balaban J connectivity index is 0.926. The molecule has 2 nitrogen and oxygen atoms in total. The average Bonchev–Trinajstić information content (AvgIpc) is 3.85. The van der Waals surface area contributed by atoms with Gasteiger partial charge in [0.1, 0.15) is 0 Å². The van der Waals surface area contributed by atoms with Gasteiger partial charge in [-0.05, 0) is 126 Å². The molecule has 2 heterocycles. The van der Waals surface area contributed by atoms with Gasteiger partial charge in [0.05, 0.1) is 6.04 Å². The van der Waals surface area contributed by atoms with E-state index in [1.165, 1.54) is 77.9 Å². The van der Waals surface area contributed by atoms with Crippen molar-refractivity contribution in [3.63, 3.8) is 0 Å². The molecule has 1 spiro atoms. The number of anilines is 1. The van der Waals surface area contributed by atoms with Crippen LogP contribution in [-0.2, 0) is 5.41 Å². The van der Waals surface area contributed by atoms with Crippen LogP contribution in [0.5, 0.6) is 0 Å². The van der Waals surface area contributed by atoms with Gasteiger partial charge in [0.15, 0.2) is 0 Å². The minimum atomic E-state index is 0.0415. The van der Waals surface area contributed by atoms with Gasteiger partial charge in [-0.2, -0.15) is 0 Å². The molecule has 12 rings (SSSR count). The number of hydrogen-bond acceptors (Lipinski definition) is 1. The minimum absolute atomic E-state index is 0.0415. The van der Waals surface area contributed by atoms with Crippen LogP contribution in [0.2, 0.25) is 0 Å². The van der Waals surface area contributed by atoms with Crippen LogP contribution in [0.3, 0.4) is 0 Å². The number of aromatic nitrogens is 1. The number of nitrogens with zero attached hydrogens (tertiary/aromatic N) is 2. The van der Waals surface area contributed by atoms with Crippen molar-refractivity contribution in [2.45, 2.75) is 50.0 Å². The van der Waals surface area contributed by atoms with E-state index in [9.17, 15) is 0 Å². The maximum atomic E-state index is 2.65. The first-order valence-electron chi connectivity index (χ1n) is 20.5. The van der Waals surface area contributed by atoms with Crippen LogP contribution in [0.25, 0.3) is 33.5 Å². The van der Waals surface area contributed by atoms with E-state index in [1.807, 2.05) is 0 Å². The zero-order chi connectivity index (χ0) is 36.1. The Morgan fingerprint density at radius 1 is 0.691 bits per heavy atom. The van der Waals surface area contributed by atoms with Crippen LogP contribution in [-0.4, -0.2) is 4.57 Å². The van der Waals surface area contributed by atoms with Crippen molar-refractivity contribution < 1.29 is 0 Å². The normalized spacial score (nSPS) is 27.1. The van der Waals surface area contributed by atoms with Crippen molar-refractivity contribution >= 4 is 39.1 Å². The highest BCUT2D eigenvalue weighted by molar-refractivity contribution is 6.09. The molecule has 5 aromatic rings. The zero-order valence-corrected chi connectivity index (χ0v) is 31.1. The first-order chi connectivity index (χ1) is 27.3. The Bertz CT molecular complexity index is 2750. The third kappa shape index (κ3) is 4.67. The Hall–Kier alpha value is -5.86. The van der Waals surface area contributed by atoms with E-state index in [-0.39, 0.29) is 11.5 Å². The summed E-state index contributed by atoms with van der Waals surface area (Å²) in [6, 6.07) is 34.9. The van der Waals surface area contributed by atoms with E-state index in [1.54, 1.807) is 0 Å². The largest absolute Gasteiger partial charge is 0.332 e. The third-order valence-corrected chi connectivity index (χ3v) is 13.8. The smallest absolute Gasteiger partial charge is 0.0632 e. The number of fused-ring (bicyclic) bond motifs is 5. The molecule has 4 aromatic carbocycles. The van der Waals surface area contributed by atoms with Crippen LogP contribution in [0.15, 0.2) is 186 Å². The predicted molar refractivity (Wildman–Crippen MR) is 230 cm³/mol. The molecule has 1 saturated carbocycles. The second-order valence-corrected chi connectivity index (χ2v) is 16.6. The van der Waals surface area contributed by atoms with Crippen molar-refractivity contribution in [3.8, 4) is 0 Å². The molecular weight excluding hydrogens is 665 g/mol. The molecule has 0 amide bonds. The molecular formula is C53H44N2. The number of para-hydroxylation sites is 2. The van der Waals surface area contributed by atoms with E-state index in [4.69, 9.17) is 0 Å². The SMILES string of the molecule is C1=CCC(C2C=C(C3=CCCC(N4C5=CC=C(c6ccc7c(c6)c6ccccc6n7C6CC=Cc7ccccc76)C6C[C@@]56c5ccccc54)=C3)C=CC2)C=C1. The van der Waals surface area contributed by atoms with Crippen LogP contribution in [0.4, 0.5) is 5.69 Å². The fraction of sp³-hybridized carbons (Fsp3) is 0.208. The molecule has 1 fully saturated rings. The number of hydrogen-bond donors (Lipinski definition) is 0. The molecule has 266 valence electrons.